The maximum atomic E-state index is 12.4. The Bertz CT molecular complexity index is 528. The van der Waals surface area contributed by atoms with Gasteiger partial charge in [0.2, 0.25) is 5.91 Å². The van der Waals surface area contributed by atoms with Crippen molar-refractivity contribution >= 4 is 5.91 Å². The SMILES string of the molecule is NCC1CCCCC1NC(=O)CN1CCN(Cc2ccccc2)CC1. The van der Waals surface area contributed by atoms with E-state index in [1.807, 2.05) is 0 Å². The number of hydrogen-bond acceptors (Lipinski definition) is 4. The molecule has 3 rings (SSSR count). The summed E-state index contributed by atoms with van der Waals surface area (Å²) < 4.78 is 0. The number of rotatable bonds is 6. The zero-order chi connectivity index (χ0) is 17.5. The lowest BCUT2D eigenvalue weighted by molar-refractivity contribution is -0.124. The fourth-order valence-corrected chi connectivity index (χ4v) is 4.08. The van der Waals surface area contributed by atoms with Gasteiger partial charge in [-0.25, -0.2) is 0 Å². The van der Waals surface area contributed by atoms with Crippen LogP contribution in [0.2, 0.25) is 0 Å². The highest BCUT2D eigenvalue weighted by atomic mass is 16.2. The molecule has 0 bridgehead atoms. The Morgan fingerprint density at radius 1 is 1.04 bits per heavy atom. The van der Waals surface area contributed by atoms with Crippen molar-refractivity contribution in [3.05, 3.63) is 35.9 Å². The van der Waals surface area contributed by atoms with Crippen molar-refractivity contribution in [1.82, 2.24) is 15.1 Å². The zero-order valence-corrected chi connectivity index (χ0v) is 15.2. The molecule has 5 nitrogen and oxygen atoms in total. The smallest absolute Gasteiger partial charge is 0.234 e. The first-order valence-corrected chi connectivity index (χ1v) is 9.72. The molecular formula is C20H32N4O. The summed E-state index contributed by atoms with van der Waals surface area (Å²) in [6, 6.07) is 10.9. The minimum absolute atomic E-state index is 0.168. The van der Waals surface area contributed by atoms with Crippen LogP contribution in [-0.4, -0.2) is 61.0 Å². The number of carbonyl (C=O) groups excluding carboxylic acids is 1. The third-order valence-corrected chi connectivity index (χ3v) is 5.64. The number of piperazine rings is 1. The van der Waals surface area contributed by atoms with E-state index in [9.17, 15) is 4.79 Å². The van der Waals surface area contributed by atoms with Gasteiger partial charge in [-0.2, -0.15) is 0 Å². The highest BCUT2D eigenvalue weighted by Crippen LogP contribution is 2.23. The van der Waals surface area contributed by atoms with Crippen LogP contribution < -0.4 is 11.1 Å². The molecule has 25 heavy (non-hydrogen) atoms. The van der Waals surface area contributed by atoms with E-state index in [1.165, 1.54) is 18.4 Å². The summed E-state index contributed by atoms with van der Waals surface area (Å²) in [6.45, 7) is 6.18. The summed E-state index contributed by atoms with van der Waals surface area (Å²) in [5.41, 5.74) is 7.22. The van der Waals surface area contributed by atoms with Crippen LogP contribution in [0.4, 0.5) is 0 Å². The molecule has 1 aromatic carbocycles. The number of nitrogens with zero attached hydrogens (tertiary/aromatic N) is 2. The first-order valence-electron chi connectivity index (χ1n) is 9.72. The molecule has 1 heterocycles. The summed E-state index contributed by atoms with van der Waals surface area (Å²) >= 11 is 0. The summed E-state index contributed by atoms with van der Waals surface area (Å²) in [4.78, 5) is 17.1. The van der Waals surface area contributed by atoms with E-state index in [4.69, 9.17) is 5.73 Å². The molecule has 1 aliphatic carbocycles. The Kier molecular flexibility index (Phi) is 6.84. The molecule has 1 aromatic rings. The standard InChI is InChI=1S/C20H32N4O/c21-14-18-8-4-5-9-19(18)22-20(25)16-24-12-10-23(11-13-24)15-17-6-2-1-3-7-17/h1-3,6-7,18-19H,4-5,8-16,21H2,(H,22,25). The molecule has 2 unspecified atom stereocenters. The fourth-order valence-electron chi connectivity index (χ4n) is 4.08. The molecule has 1 aliphatic heterocycles. The van der Waals surface area contributed by atoms with Gasteiger partial charge in [0.1, 0.15) is 0 Å². The first kappa shape index (κ1) is 18.4. The second-order valence-electron chi connectivity index (χ2n) is 7.49. The quantitative estimate of drug-likeness (QED) is 0.820. The number of nitrogens with two attached hydrogens (primary N) is 1. The maximum absolute atomic E-state index is 12.4. The minimum atomic E-state index is 0.168. The Labute approximate surface area is 151 Å². The second-order valence-corrected chi connectivity index (χ2v) is 7.49. The van der Waals surface area contributed by atoms with E-state index < -0.39 is 0 Å². The van der Waals surface area contributed by atoms with Crippen molar-refractivity contribution < 1.29 is 4.79 Å². The number of benzene rings is 1. The van der Waals surface area contributed by atoms with Crippen LogP contribution >= 0.6 is 0 Å². The van der Waals surface area contributed by atoms with Crippen LogP contribution in [-0.2, 0) is 11.3 Å². The summed E-state index contributed by atoms with van der Waals surface area (Å²) in [5.74, 6) is 0.627. The summed E-state index contributed by atoms with van der Waals surface area (Å²) in [5, 5.41) is 3.24. The summed E-state index contributed by atoms with van der Waals surface area (Å²) in [7, 11) is 0. The van der Waals surface area contributed by atoms with Gasteiger partial charge in [0.25, 0.3) is 0 Å². The Hall–Kier alpha value is -1.43. The van der Waals surface area contributed by atoms with Crippen LogP contribution in [0.3, 0.4) is 0 Å². The predicted octanol–water partition coefficient (Wildman–Crippen LogP) is 1.44. The van der Waals surface area contributed by atoms with Crippen LogP contribution in [0, 0.1) is 5.92 Å². The van der Waals surface area contributed by atoms with E-state index in [1.54, 1.807) is 0 Å². The molecule has 0 spiro atoms. The van der Waals surface area contributed by atoms with E-state index in [-0.39, 0.29) is 11.9 Å². The van der Waals surface area contributed by atoms with Crippen molar-refractivity contribution in [1.29, 1.82) is 0 Å². The normalized spacial score (nSPS) is 25.6. The lowest BCUT2D eigenvalue weighted by atomic mass is 9.84. The van der Waals surface area contributed by atoms with Crippen molar-refractivity contribution in [3.8, 4) is 0 Å². The molecule has 5 heteroatoms. The van der Waals surface area contributed by atoms with Gasteiger partial charge >= 0.3 is 0 Å². The number of hydrogen-bond donors (Lipinski definition) is 2. The molecule has 1 saturated heterocycles. The van der Waals surface area contributed by atoms with Gasteiger partial charge in [-0.15, -0.1) is 0 Å². The average molecular weight is 345 g/mol. The van der Waals surface area contributed by atoms with E-state index >= 15 is 0 Å². The van der Waals surface area contributed by atoms with E-state index in [2.05, 4.69) is 45.4 Å². The van der Waals surface area contributed by atoms with Gasteiger partial charge in [0.05, 0.1) is 6.54 Å². The van der Waals surface area contributed by atoms with Crippen LogP contribution in [0.1, 0.15) is 31.2 Å². The third-order valence-electron chi connectivity index (χ3n) is 5.64. The topological polar surface area (TPSA) is 61.6 Å². The third kappa shape index (κ3) is 5.53. The molecule has 2 fully saturated rings. The van der Waals surface area contributed by atoms with Gasteiger partial charge in [-0.1, -0.05) is 43.2 Å². The highest BCUT2D eigenvalue weighted by Gasteiger charge is 2.26. The number of amides is 1. The lowest BCUT2D eigenvalue weighted by Gasteiger charge is -2.35. The summed E-state index contributed by atoms with van der Waals surface area (Å²) in [6.07, 6.45) is 4.69. The maximum Gasteiger partial charge on any atom is 0.234 e. The molecule has 138 valence electrons. The van der Waals surface area contributed by atoms with E-state index in [0.29, 0.717) is 19.0 Å². The van der Waals surface area contributed by atoms with Gasteiger partial charge in [0.15, 0.2) is 0 Å². The van der Waals surface area contributed by atoms with Crippen LogP contribution in [0.15, 0.2) is 30.3 Å². The van der Waals surface area contributed by atoms with Crippen molar-refractivity contribution in [2.75, 3.05) is 39.3 Å². The second kappa shape index (κ2) is 9.32. The van der Waals surface area contributed by atoms with Crippen molar-refractivity contribution in [3.63, 3.8) is 0 Å². The lowest BCUT2D eigenvalue weighted by Crippen LogP contribution is -2.52. The van der Waals surface area contributed by atoms with Crippen molar-refractivity contribution in [2.45, 2.75) is 38.3 Å². The molecule has 1 amide bonds. The van der Waals surface area contributed by atoms with Crippen LogP contribution in [0.25, 0.3) is 0 Å². The fraction of sp³-hybridized carbons (Fsp3) is 0.650. The average Bonchev–Trinajstić information content (AvgIpc) is 2.64. The van der Waals surface area contributed by atoms with E-state index in [0.717, 1.165) is 45.6 Å². The molecule has 0 aromatic heterocycles. The number of carbonyl (C=O) groups is 1. The first-order chi connectivity index (χ1) is 12.2. The highest BCUT2D eigenvalue weighted by molar-refractivity contribution is 5.78. The Morgan fingerprint density at radius 3 is 2.44 bits per heavy atom. The molecular weight excluding hydrogens is 312 g/mol. The molecule has 3 N–H and O–H groups in total. The largest absolute Gasteiger partial charge is 0.352 e. The van der Waals surface area contributed by atoms with Gasteiger partial charge in [-0.3, -0.25) is 14.6 Å². The van der Waals surface area contributed by atoms with Gasteiger partial charge in [-0.05, 0) is 30.9 Å². The monoisotopic (exact) mass is 344 g/mol. The predicted molar refractivity (Wildman–Crippen MR) is 101 cm³/mol. The van der Waals surface area contributed by atoms with Gasteiger partial charge in [0, 0.05) is 38.8 Å². The minimum Gasteiger partial charge on any atom is -0.352 e. The molecule has 1 saturated carbocycles. The van der Waals surface area contributed by atoms with Gasteiger partial charge < -0.3 is 11.1 Å². The Balaban J connectivity index is 1.39. The molecule has 2 aliphatic rings. The van der Waals surface area contributed by atoms with Crippen LogP contribution in [0.5, 0.6) is 0 Å². The molecule has 0 radical (unpaired) electrons. The molecule has 2 atom stereocenters. The zero-order valence-electron chi connectivity index (χ0n) is 15.2. The number of nitrogens with one attached hydrogen (secondary N) is 1. The Morgan fingerprint density at radius 2 is 1.72 bits per heavy atom. The van der Waals surface area contributed by atoms with Crippen molar-refractivity contribution in [2.24, 2.45) is 11.7 Å².